The number of rotatable bonds is 13. The second kappa shape index (κ2) is 13.5. The van der Waals surface area contributed by atoms with E-state index in [1.165, 1.54) is 11.8 Å². The van der Waals surface area contributed by atoms with Gasteiger partial charge in [-0.3, -0.25) is 9.59 Å². The number of aromatic nitrogens is 3. The quantitative estimate of drug-likeness (QED) is 0.246. The Balaban J connectivity index is 1.74. The molecule has 0 spiro atoms. The lowest BCUT2D eigenvalue weighted by Gasteiger charge is -2.22. The largest absolute Gasteiger partial charge is 0.497 e. The van der Waals surface area contributed by atoms with Crippen LogP contribution in [-0.4, -0.2) is 46.0 Å². The van der Waals surface area contributed by atoms with Crippen molar-refractivity contribution in [1.82, 2.24) is 20.1 Å². The van der Waals surface area contributed by atoms with Gasteiger partial charge in [0.25, 0.3) is 5.91 Å². The number of nitrogens with zero attached hydrogens (tertiary/aromatic N) is 3. The van der Waals surface area contributed by atoms with Crippen LogP contribution < -0.4 is 20.1 Å². The zero-order valence-electron chi connectivity index (χ0n) is 21.6. The Morgan fingerprint density at radius 3 is 2.51 bits per heavy atom. The van der Waals surface area contributed by atoms with Gasteiger partial charge in [-0.1, -0.05) is 43.8 Å². The lowest BCUT2D eigenvalue weighted by Crippen LogP contribution is -2.33. The molecular weight excluding hydrogens is 490 g/mol. The monoisotopic (exact) mass is 523 g/mol. The van der Waals surface area contributed by atoms with Crippen LogP contribution in [-0.2, 0) is 11.3 Å². The number of hydrogen-bond acceptors (Lipinski definition) is 7. The number of methoxy groups -OCH3 is 1. The minimum atomic E-state index is -0.400. The van der Waals surface area contributed by atoms with Crippen LogP contribution in [0.4, 0.5) is 5.69 Å². The SMILES string of the molecule is C=CCn1c(SCC(=O)Nc2ccccc2OCC)nnc1C(NC(=O)c1ccc(OC)cc1)C(C)C. The van der Waals surface area contributed by atoms with Gasteiger partial charge in [-0.15, -0.1) is 16.8 Å². The molecule has 2 aromatic carbocycles. The summed E-state index contributed by atoms with van der Waals surface area (Å²) in [5.41, 5.74) is 1.13. The van der Waals surface area contributed by atoms with Crippen LogP contribution in [0.1, 0.15) is 43.0 Å². The molecule has 9 nitrogen and oxygen atoms in total. The number of anilines is 1. The van der Waals surface area contributed by atoms with E-state index in [4.69, 9.17) is 9.47 Å². The molecule has 2 N–H and O–H groups in total. The number of carbonyl (C=O) groups is 2. The third-order valence-corrected chi connectivity index (χ3v) is 6.40. The van der Waals surface area contributed by atoms with Crippen molar-refractivity contribution in [1.29, 1.82) is 0 Å². The summed E-state index contributed by atoms with van der Waals surface area (Å²) in [6.07, 6.45) is 1.73. The van der Waals surface area contributed by atoms with E-state index >= 15 is 0 Å². The lowest BCUT2D eigenvalue weighted by molar-refractivity contribution is -0.113. The molecule has 0 aliphatic carbocycles. The molecule has 3 aromatic rings. The highest BCUT2D eigenvalue weighted by atomic mass is 32.2. The van der Waals surface area contributed by atoms with Crippen molar-refractivity contribution < 1.29 is 19.1 Å². The fourth-order valence-electron chi connectivity index (χ4n) is 3.60. The molecule has 0 fully saturated rings. The molecular formula is C27H33N5O4S. The van der Waals surface area contributed by atoms with Gasteiger partial charge in [-0.2, -0.15) is 0 Å². The van der Waals surface area contributed by atoms with Gasteiger partial charge in [0.15, 0.2) is 11.0 Å². The third-order valence-electron chi connectivity index (χ3n) is 5.43. The Labute approximate surface area is 221 Å². The highest BCUT2D eigenvalue weighted by Gasteiger charge is 2.26. The molecule has 0 saturated heterocycles. The van der Waals surface area contributed by atoms with E-state index < -0.39 is 6.04 Å². The average Bonchev–Trinajstić information content (AvgIpc) is 3.29. The fraction of sp³-hybridized carbons (Fsp3) is 0.333. The first-order chi connectivity index (χ1) is 17.9. The Kier molecular flexibility index (Phi) is 10.1. The van der Waals surface area contributed by atoms with Crippen LogP contribution in [0.5, 0.6) is 11.5 Å². The number of thioether (sulfide) groups is 1. The molecule has 0 aliphatic heterocycles. The summed E-state index contributed by atoms with van der Waals surface area (Å²) < 4.78 is 12.6. The molecule has 196 valence electrons. The molecule has 2 amide bonds. The number of nitrogens with one attached hydrogen (secondary N) is 2. The number of para-hydroxylation sites is 2. The molecule has 0 radical (unpaired) electrons. The van der Waals surface area contributed by atoms with Gasteiger partial charge in [0.1, 0.15) is 11.5 Å². The topological polar surface area (TPSA) is 107 Å². The van der Waals surface area contributed by atoms with Gasteiger partial charge >= 0.3 is 0 Å². The zero-order valence-corrected chi connectivity index (χ0v) is 22.4. The molecule has 3 rings (SSSR count). The summed E-state index contributed by atoms with van der Waals surface area (Å²) in [7, 11) is 1.58. The van der Waals surface area contributed by atoms with Crippen LogP contribution in [0, 0.1) is 5.92 Å². The Morgan fingerprint density at radius 1 is 1.14 bits per heavy atom. The normalized spacial score (nSPS) is 11.6. The molecule has 10 heteroatoms. The van der Waals surface area contributed by atoms with E-state index in [1.807, 2.05) is 43.5 Å². The van der Waals surface area contributed by atoms with Crippen molar-refractivity contribution in [2.24, 2.45) is 5.92 Å². The van der Waals surface area contributed by atoms with Gasteiger partial charge in [-0.05, 0) is 49.2 Å². The van der Waals surface area contributed by atoms with Gasteiger partial charge in [0.05, 0.1) is 31.2 Å². The molecule has 1 heterocycles. The number of amides is 2. The summed E-state index contributed by atoms with van der Waals surface area (Å²) in [6.45, 7) is 10.7. The first-order valence-electron chi connectivity index (χ1n) is 12.0. The van der Waals surface area contributed by atoms with Crippen LogP contribution in [0.3, 0.4) is 0 Å². The second-order valence-corrected chi connectivity index (χ2v) is 9.37. The maximum absolute atomic E-state index is 13.0. The van der Waals surface area contributed by atoms with Crippen molar-refractivity contribution in [2.45, 2.75) is 38.5 Å². The van der Waals surface area contributed by atoms with Crippen molar-refractivity contribution in [2.75, 3.05) is 24.8 Å². The number of carbonyl (C=O) groups excluding carboxylic acids is 2. The highest BCUT2D eigenvalue weighted by molar-refractivity contribution is 7.99. The molecule has 0 aliphatic rings. The lowest BCUT2D eigenvalue weighted by atomic mass is 10.0. The highest BCUT2D eigenvalue weighted by Crippen LogP contribution is 2.27. The fourth-order valence-corrected chi connectivity index (χ4v) is 4.36. The number of hydrogen-bond donors (Lipinski definition) is 2. The summed E-state index contributed by atoms with van der Waals surface area (Å²) in [5.74, 6) is 1.63. The van der Waals surface area contributed by atoms with E-state index in [0.717, 1.165) is 0 Å². The predicted molar refractivity (Wildman–Crippen MR) is 145 cm³/mol. The standard InChI is InChI=1S/C27H33N5O4S/c1-6-16-32-25(24(18(3)4)29-26(34)19-12-14-20(35-5)15-13-19)30-31-27(32)37-17-23(33)28-21-10-8-9-11-22(21)36-7-2/h6,8-15,18,24H,1,7,16-17H2,2-5H3,(H,28,33)(H,29,34). The average molecular weight is 524 g/mol. The van der Waals surface area contributed by atoms with Crippen molar-refractivity contribution in [3.8, 4) is 11.5 Å². The van der Waals surface area contributed by atoms with Crippen molar-refractivity contribution >= 4 is 29.3 Å². The zero-order chi connectivity index (χ0) is 26.8. The van der Waals surface area contributed by atoms with E-state index in [-0.39, 0.29) is 23.5 Å². The van der Waals surface area contributed by atoms with Gasteiger partial charge < -0.3 is 24.7 Å². The maximum atomic E-state index is 13.0. The molecule has 1 unspecified atom stereocenters. The van der Waals surface area contributed by atoms with E-state index in [0.29, 0.717) is 46.9 Å². The van der Waals surface area contributed by atoms with Crippen LogP contribution in [0.15, 0.2) is 66.3 Å². The van der Waals surface area contributed by atoms with Gasteiger partial charge in [0.2, 0.25) is 5.91 Å². The summed E-state index contributed by atoms with van der Waals surface area (Å²) in [4.78, 5) is 25.7. The molecule has 0 saturated carbocycles. The summed E-state index contributed by atoms with van der Waals surface area (Å²) in [5, 5.41) is 15.2. The van der Waals surface area contributed by atoms with Crippen LogP contribution in [0.25, 0.3) is 0 Å². The van der Waals surface area contributed by atoms with E-state index in [9.17, 15) is 9.59 Å². The van der Waals surface area contributed by atoms with Crippen LogP contribution >= 0.6 is 11.8 Å². The van der Waals surface area contributed by atoms with Crippen molar-refractivity contribution in [3.05, 3.63) is 72.6 Å². The van der Waals surface area contributed by atoms with Crippen molar-refractivity contribution in [3.63, 3.8) is 0 Å². The third kappa shape index (κ3) is 7.36. The first kappa shape index (κ1) is 27.8. The van der Waals surface area contributed by atoms with Crippen LogP contribution in [0.2, 0.25) is 0 Å². The van der Waals surface area contributed by atoms with E-state index in [2.05, 4.69) is 27.4 Å². The maximum Gasteiger partial charge on any atom is 0.251 e. The number of benzene rings is 2. The Morgan fingerprint density at radius 2 is 1.86 bits per heavy atom. The summed E-state index contributed by atoms with van der Waals surface area (Å²) in [6, 6.07) is 13.8. The number of allylic oxidation sites excluding steroid dienone is 1. The molecule has 1 atom stereocenters. The Hall–Kier alpha value is -3.79. The minimum Gasteiger partial charge on any atom is -0.497 e. The first-order valence-corrected chi connectivity index (χ1v) is 13.0. The minimum absolute atomic E-state index is 0.0335. The molecule has 1 aromatic heterocycles. The Bertz CT molecular complexity index is 1210. The molecule has 37 heavy (non-hydrogen) atoms. The molecule has 0 bridgehead atoms. The van der Waals surface area contributed by atoms with Gasteiger partial charge in [0, 0.05) is 12.1 Å². The second-order valence-electron chi connectivity index (χ2n) is 8.43. The smallest absolute Gasteiger partial charge is 0.251 e. The van der Waals surface area contributed by atoms with E-state index in [1.54, 1.807) is 43.5 Å². The van der Waals surface area contributed by atoms with Gasteiger partial charge in [-0.25, -0.2) is 0 Å². The predicted octanol–water partition coefficient (Wildman–Crippen LogP) is 4.73. The summed E-state index contributed by atoms with van der Waals surface area (Å²) >= 11 is 1.26. The number of ether oxygens (including phenoxy) is 2.